The minimum Gasteiger partial charge on any atom is -0.480 e. The lowest BCUT2D eigenvalue weighted by molar-refractivity contribution is -0.138. The number of benzene rings is 2. The number of nitrogens with zero attached hydrogens (tertiary/aromatic N) is 1. The van der Waals surface area contributed by atoms with E-state index in [9.17, 15) is 17.7 Å². The molecule has 2 aromatic carbocycles. The summed E-state index contributed by atoms with van der Waals surface area (Å²) in [6.07, 6.45) is -3.96. The highest BCUT2D eigenvalue weighted by Gasteiger charge is 2.50. The van der Waals surface area contributed by atoms with Crippen molar-refractivity contribution in [2.45, 2.75) is 90.3 Å². The summed E-state index contributed by atoms with van der Waals surface area (Å²) in [5.41, 5.74) is 0.584. The molecule has 0 saturated heterocycles. The van der Waals surface area contributed by atoms with E-state index >= 15 is 0 Å². The summed E-state index contributed by atoms with van der Waals surface area (Å²) in [6, 6.07) is 11.6. The summed E-state index contributed by atoms with van der Waals surface area (Å²) < 4.78 is 73.3. The van der Waals surface area contributed by atoms with Gasteiger partial charge in [-0.2, -0.15) is 13.2 Å². The molecule has 0 radical (unpaired) electrons. The highest BCUT2D eigenvalue weighted by atomic mass is 31.2. The first-order valence-corrected chi connectivity index (χ1v) is 15.3. The number of alkyl halides is 3. The van der Waals surface area contributed by atoms with Crippen LogP contribution in [0.15, 0.2) is 47.5 Å². The highest BCUT2D eigenvalue weighted by Crippen LogP contribution is 2.67. The van der Waals surface area contributed by atoms with Gasteiger partial charge < -0.3 is 14.0 Å². The average molecular weight is 592 g/mol. The number of ether oxygens (including phenoxy) is 2. The summed E-state index contributed by atoms with van der Waals surface area (Å²) in [6.45, 7) is 15.1. The van der Waals surface area contributed by atoms with Crippen LogP contribution in [0, 0.1) is 18.8 Å². The van der Waals surface area contributed by atoms with Crippen LogP contribution in [-0.4, -0.2) is 41.6 Å². The maximum Gasteiger partial charge on any atom is 0.419 e. The third-order valence-electron chi connectivity index (χ3n) is 7.00. The number of rotatable bonds is 8. The lowest BCUT2D eigenvalue weighted by atomic mass is 9.93. The molecule has 0 saturated carbocycles. The minimum absolute atomic E-state index is 0.0447. The molecule has 0 aliphatic carbocycles. The van der Waals surface area contributed by atoms with Crippen molar-refractivity contribution >= 4 is 13.3 Å². The van der Waals surface area contributed by atoms with E-state index in [2.05, 4.69) is 16.8 Å². The van der Waals surface area contributed by atoms with Crippen molar-refractivity contribution in [2.24, 2.45) is 4.99 Å². The van der Waals surface area contributed by atoms with Gasteiger partial charge in [0.05, 0.1) is 12.2 Å². The van der Waals surface area contributed by atoms with Crippen LogP contribution in [0.1, 0.15) is 77.1 Å². The van der Waals surface area contributed by atoms with Gasteiger partial charge in [-0.3, -0.25) is 4.57 Å². The molecule has 1 heterocycles. The predicted molar refractivity (Wildman–Crippen MR) is 158 cm³/mol. The molecule has 1 unspecified atom stereocenters. The molecule has 0 fully saturated rings. The monoisotopic (exact) mass is 591 g/mol. The summed E-state index contributed by atoms with van der Waals surface area (Å²) in [5, 5.41) is -1.21. The van der Waals surface area contributed by atoms with E-state index in [0.717, 1.165) is 17.2 Å². The van der Waals surface area contributed by atoms with Gasteiger partial charge in [0.2, 0.25) is 7.37 Å². The predicted octanol–water partition coefficient (Wildman–Crippen LogP) is 8.46. The van der Waals surface area contributed by atoms with Crippen LogP contribution >= 0.6 is 7.37 Å². The standard InChI is InChI=1S/C32H41F3NO4P/c1-23-11-9-12-25(19-23)13-10-18-38-28-15-14-26(20-27(28)32(33,34)35)16-17-31(21-39-24(2)36-31)22-40-41(37,29(3,4)5)30(6,7)8/h9,11-12,14-15,19-20H,16-18,21-22H2,1-8H3. The molecule has 5 nitrogen and oxygen atoms in total. The fourth-order valence-electron chi connectivity index (χ4n) is 4.95. The maximum absolute atomic E-state index is 14.0. The van der Waals surface area contributed by atoms with E-state index in [0.29, 0.717) is 17.9 Å². The second kappa shape index (κ2) is 12.2. The van der Waals surface area contributed by atoms with Crippen LogP contribution < -0.4 is 4.74 Å². The molecule has 224 valence electrons. The second-order valence-electron chi connectivity index (χ2n) is 12.6. The zero-order valence-electron chi connectivity index (χ0n) is 25.2. The summed E-state index contributed by atoms with van der Waals surface area (Å²) in [4.78, 5) is 4.66. The molecule has 0 bridgehead atoms. The molecule has 1 aliphatic rings. The number of halogens is 3. The highest BCUT2D eigenvalue weighted by molar-refractivity contribution is 7.62. The fraction of sp³-hybridized carbons (Fsp3) is 0.531. The van der Waals surface area contributed by atoms with Gasteiger partial charge in [-0.25, -0.2) is 4.99 Å². The first-order valence-electron chi connectivity index (χ1n) is 13.7. The quantitative estimate of drug-likeness (QED) is 0.228. The molecule has 0 spiro atoms. The minimum atomic E-state index is -4.60. The van der Waals surface area contributed by atoms with Gasteiger partial charge in [0.25, 0.3) is 0 Å². The molecule has 3 rings (SSSR count). The number of hydrogen-bond donors (Lipinski definition) is 0. The Morgan fingerprint density at radius 1 is 1.02 bits per heavy atom. The number of hydrogen-bond acceptors (Lipinski definition) is 5. The van der Waals surface area contributed by atoms with Crippen molar-refractivity contribution in [2.75, 3.05) is 19.8 Å². The van der Waals surface area contributed by atoms with Crippen molar-refractivity contribution in [1.82, 2.24) is 0 Å². The Hall–Kier alpha value is -2.75. The Balaban J connectivity index is 1.77. The van der Waals surface area contributed by atoms with Gasteiger partial charge in [-0.1, -0.05) is 71.6 Å². The van der Waals surface area contributed by atoms with Gasteiger partial charge in [0, 0.05) is 22.8 Å². The second-order valence-corrected chi connectivity index (χ2v) is 16.6. The Kier molecular flexibility index (Phi) is 9.78. The molecule has 0 amide bonds. The van der Waals surface area contributed by atoms with Crippen LogP contribution in [0.3, 0.4) is 0 Å². The van der Waals surface area contributed by atoms with E-state index < -0.39 is 35.0 Å². The lowest BCUT2D eigenvalue weighted by Crippen LogP contribution is -2.38. The molecular weight excluding hydrogens is 550 g/mol. The smallest absolute Gasteiger partial charge is 0.419 e. The van der Waals surface area contributed by atoms with E-state index in [1.165, 1.54) is 6.07 Å². The molecule has 2 aromatic rings. The summed E-state index contributed by atoms with van der Waals surface area (Å²) in [5.74, 6) is 5.90. The fourth-order valence-corrected chi connectivity index (χ4v) is 8.16. The Morgan fingerprint density at radius 2 is 1.71 bits per heavy atom. The van der Waals surface area contributed by atoms with Gasteiger partial charge in [0.1, 0.15) is 24.5 Å². The topological polar surface area (TPSA) is 57.1 Å². The van der Waals surface area contributed by atoms with Crippen molar-refractivity contribution in [3.63, 3.8) is 0 Å². The number of aryl methyl sites for hydroxylation is 2. The van der Waals surface area contributed by atoms with E-state index in [1.807, 2.05) is 72.7 Å². The van der Waals surface area contributed by atoms with Gasteiger partial charge in [0.15, 0.2) is 5.90 Å². The lowest BCUT2D eigenvalue weighted by Gasteiger charge is -2.41. The maximum atomic E-state index is 14.0. The van der Waals surface area contributed by atoms with Crippen molar-refractivity contribution in [3.05, 3.63) is 64.7 Å². The average Bonchev–Trinajstić information content (AvgIpc) is 3.23. The zero-order valence-corrected chi connectivity index (χ0v) is 26.1. The molecule has 1 aliphatic heterocycles. The third-order valence-corrected chi connectivity index (χ3v) is 11.0. The summed E-state index contributed by atoms with van der Waals surface area (Å²) >= 11 is 0. The van der Waals surface area contributed by atoms with Crippen LogP contribution in [0.5, 0.6) is 5.75 Å². The van der Waals surface area contributed by atoms with Crippen molar-refractivity contribution < 1.29 is 31.7 Å². The summed E-state index contributed by atoms with van der Waals surface area (Å²) in [7, 11) is -3.17. The van der Waals surface area contributed by atoms with Crippen molar-refractivity contribution in [1.29, 1.82) is 0 Å². The zero-order chi connectivity index (χ0) is 30.7. The molecule has 9 heteroatoms. The molecule has 1 atom stereocenters. The Labute approximate surface area is 242 Å². The van der Waals surface area contributed by atoms with Crippen LogP contribution in [0.4, 0.5) is 13.2 Å². The molecule has 0 aromatic heterocycles. The molecule has 41 heavy (non-hydrogen) atoms. The van der Waals surface area contributed by atoms with E-state index in [1.54, 1.807) is 13.0 Å². The van der Waals surface area contributed by atoms with Crippen LogP contribution in [-0.2, 0) is 26.4 Å². The SMILES string of the molecule is CC1=NC(CCc2ccc(OCC#Cc3cccc(C)c3)c(C(F)(F)F)c2)(COP(=O)(C(C)(C)C)C(C)(C)C)CO1. The Morgan fingerprint density at radius 3 is 2.27 bits per heavy atom. The normalized spacial score (nSPS) is 17.9. The van der Waals surface area contributed by atoms with E-state index in [-0.39, 0.29) is 32.0 Å². The Bertz CT molecular complexity index is 1360. The number of aliphatic imine (C=N–C) groups is 1. The molecule has 0 N–H and O–H groups in total. The van der Waals surface area contributed by atoms with E-state index in [4.69, 9.17) is 14.0 Å². The van der Waals surface area contributed by atoms with Gasteiger partial charge in [-0.15, -0.1) is 0 Å². The van der Waals surface area contributed by atoms with Crippen LogP contribution in [0.25, 0.3) is 0 Å². The van der Waals surface area contributed by atoms with Crippen LogP contribution in [0.2, 0.25) is 0 Å². The van der Waals surface area contributed by atoms with Crippen molar-refractivity contribution in [3.8, 4) is 17.6 Å². The van der Waals surface area contributed by atoms with Gasteiger partial charge in [-0.05, 0) is 55.2 Å². The van der Waals surface area contributed by atoms with Gasteiger partial charge >= 0.3 is 6.18 Å². The first-order chi connectivity index (χ1) is 18.9. The molecular formula is C32H41F3NO4P. The third kappa shape index (κ3) is 8.17. The largest absolute Gasteiger partial charge is 0.480 e. The first kappa shape index (κ1) is 32.8.